The molecule has 7 atom stereocenters. The van der Waals surface area contributed by atoms with Crippen LogP contribution >= 0.6 is 0 Å². The first kappa shape index (κ1) is 33.1. The highest BCUT2D eigenvalue weighted by Crippen LogP contribution is 2.60. The van der Waals surface area contributed by atoms with Gasteiger partial charge in [0, 0.05) is 12.8 Å². The molecule has 4 aliphatic carbocycles. The third-order valence-electron chi connectivity index (χ3n) is 11.5. The van der Waals surface area contributed by atoms with E-state index in [2.05, 4.69) is 44.7 Å². The Morgan fingerprint density at radius 3 is 2.61 bits per heavy atom. The van der Waals surface area contributed by atoms with Crippen molar-refractivity contribution >= 4 is 5.97 Å². The molecule has 0 saturated heterocycles. The monoisotopic (exact) mass is 608 g/mol. The summed E-state index contributed by atoms with van der Waals surface area (Å²) in [6.07, 6.45) is 15.2. The highest BCUT2D eigenvalue weighted by molar-refractivity contribution is 5.75. The second-order valence-electron chi connectivity index (χ2n) is 15.8. The van der Waals surface area contributed by atoms with Crippen LogP contribution in [0.4, 0.5) is 0 Å². The van der Waals surface area contributed by atoms with Gasteiger partial charge in [-0.1, -0.05) is 50.2 Å². The predicted octanol–water partition coefficient (Wildman–Crippen LogP) is 7.57. The second kappa shape index (κ2) is 12.9. The molecular weight excluding hydrogens is 552 g/mol. The standard InChI is InChI=1S/C37H56N2O5/c1-8-10-32-38-33(44-39-32)37(19-20-37)31(43-34(42)35(4,5)6)17-12-23(2)28-15-16-29-25(11-9-18-36(28,29)7)13-14-26-21-27(40)22-30(41)24(26)3/h13-14,23,27-31,40-41H,3,8-12,15-22H2,1-2,4-7H3/t23-,27-,28-,29+,30+,31+,36-/m1/s1. The fourth-order valence-electron chi connectivity index (χ4n) is 8.64. The van der Waals surface area contributed by atoms with Crippen LogP contribution in [0.1, 0.15) is 130 Å². The normalized spacial score (nSPS) is 33.3. The molecule has 1 aromatic rings. The van der Waals surface area contributed by atoms with E-state index in [0.717, 1.165) is 61.9 Å². The molecule has 0 amide bonds. The molecule has 5 rings (SSSR count). The Hall–Kier alpha value is -2.25. The maximum absolute atomic E-state index is 13.2. The number of allylic oxidation sites excluding steroid dienone is 3. The Morgan fingerprint density at radius 1 is 1.18 bits per heavy atom. The first-order chi connectivity index (χ1) is 20.8. The number of carbonyl (C=O) groups excluding carboxylic acids is 1. The molecule has 0 bridgehead atoms. The Labute approximate surface area is 264 Å². The smallest absolute Gasteiger partial charge is 0.311 e. The van der Waals surface area contributed by atoms with Crippen LogP contribution in [0.25, 0.3) is 0 Å². The molecule has 0 radical (unpaired) electrons. The van der Waals surface area contributed by atoms with Gasteiger partial charge in [0.2, 0.25) is 5.89 Å². The minimum absolute atomic E-state index is 0.167. The summed E-state index contributed by atoms with van der Waals surface area (Å²) in [5.41, 5.74) is 2.54. The molecule has 44 heavy (non-hydrogen) atoms. The van der Waals surface area contributed by atoms with Crippen LogP contribution in [-0.4, -0.2) is 44.6 Å². The van der Waals surface area contributed by atoms with E-state index in [1.165, 1.54) is 31.3 Å². The Kier molecular flexibility index (Phi) is 9.68. The average Bonchev–Trinajstić information content (AvgIpc) is 3.48. The lowest BCUT2D eigenvalue weighted by atomic mass is 9.60. The molecular formula is C37H56N2O5. The molecule has 0 spiro atoms. The van der Waals surface area contributed by atoms with Gasteiger partial charge in [-0.2, -0.15) is 4.98 Å². The summed E-state index contributed by atoms with van der Waals surface area (Å²) in [6.45, 7) is 16.9. The van der Waals surface area contributed by atoms with E-state index in [9.17, 15) is 15.0 Å². The quantitative estimate of drug-likeness (QED) is 0.264. The molecule has 7 nitrogen and oxygen atoms in total. The number of esters is 1. The van der Waals surface area contributed by atoms with Crippen molar-refractivity contribution in [2.45, 2.75) is 149 Å². The number of ether oxygens (including phenoxy) is 1. The highest BCUT2D eigenvalue weighted by atomic mass is 16.5. The van der Waals surface area contributed by atoms with Crippen molar-refractivity contribution in [2.75, 3.05) is 0 Å². The Morgan fingerprint density at radius 2 is 1.93 bits per heavy atom. The summed E-state index contributed by atoms with van der Waals surface area (Å²) in [5, 5.41) is 24.7. The van der Waals surface area contributed by atoms with Gasteiger partial charge >= 0.3 is 5.97 Å². The summed E-state index contributed by atoms with van der Waals surface area (Å²) < 4.78 is 12.1. The fourth-order valence-corrected chi connectivity index (χ4v) is 8.64. The van der Waals surface area contributed by atoms with Crippen LogP contribution in [0.15, 0.2) is 40.0 Å². The number of aliphatic hydroxyl groups is 2. The summed E-state index contributed by atoms with van der Waals surface area (Å²) >= 11 is 0. The maximum atomic E-state index is 13.2. The lowest BCUT2D eigenvalue weighted by Gasteiger charge is -2.44. The van der Waals surface area contributed by atoms with Gasteiger partial charge in [-0.15, -0.1) is 0 Å². The molecule has 2 N–H and O–H groups in total. The van der Waals surface area contributed by atoms with Crippen LogP contribution in [0.3, 0.4) is 0 Å². The summed E-state index contributed by atoms with van der Waals surface area (Å²) in [7, 11) is 0. The van der Waals surface area contributed by atoms with Crippen LogP contribution in [-0.2, 0) is 21.4 Å². The van der Waals surface area contributed by atoms with Crippen LogP contribution in [0.2, 0.25) is 0 Å². The van der Waals surface area contributed by atoms with Gasteiger partial charge in [-0.3, -0.25) is 4.79 Å². The third kappa shape index (κ3) is 6.65. The zero-order chi connectivity index (χ0) is 31.9. The topological polar surface area (TPSA) is 106 Å². The average molecular weight is 609 g/mol. The largest absolute Gasteiger partial charge is 0.461 e. The van der Waals surface area contributed by atoms with E-state index in [4.69, 9.17) is 14.2 Å². The van der Waals surface area contributed by atoms with Crippen molar-refractivity contribution in [2.24, 2.45) is 28.6 Å². The molecule has 4 saturated carbocycles. The van der Waals surface area contributed by atoms with Gasteiger partial charge in [-0.25, -0.2) is 0 Å². The Balaban J connectivity index is 1.30. The van der Waals surface area contributed by atoms with E-state index >= 15 is 0 Å². The number of aromatic nitrogens is 2. The molecule has 1 heterocycles. The molecule has 4 fully saturated rings. The van der Waals surface area contributed by atoms with Gasteiger partial charge in [0.1, 0.15) is 6.10 Å². The third-order valence-corrected chi connectivity index (χ3v) is 11.5. The van der Waals surface area contributed by atoms with Crippen molar-refractivity contribution in [1.29, 1.82) is 0 Å². The minimum atomic E-state index is -0.656. The number of fused-ring (bicyclic) bond motifs is 1. The Bertz CT molecular complexity index is 1270. The first-order valence-electron chi connectivity index (χ1n) is 17.3. The highest BCUT2D eigenvalue weighted by Gasteiger charge is 2.58. The number of nitrogens with zero attached hydrogens (tertiary/aromatic N) is 2. The fraction of sp³-hybridized carbons (Fsp3) is 0.757. The number of aliphatic hydroxyl groups excluding tert-OH is 2. The molecule has 7 heteroatoms. The van der Waals surface area contributed by atoms with Gasteiger partial charge in [-0.05, 0) is 126 Å². The summed E-state index contributed by atoms with van der Waals surface area (Å²) in [4.78, 5) is 17.9. The minimum Gasteiger partial charge on any atom is -0.461 e. The van der Waals surface area contributed by atoms with Crippen molar-refractivity contribution in [3.63, 3.8) is 0 Å². The molecule has 0 unspecified atom stereocenters. The van der Waals surface area contributed by atoms with E-state index < -0.39 is 17.6 Å². The molecule has 0 aromatic carbocycles. The second-order valence-corrected chi connectivity index (χ2v) is 15.8. The van der Waals surface area contributed by atoms with Crippen LogP contribution < -0.4 is 0 Å². The van der Waals surface area contributed by atoms with Gasteiger partial charge < -0.3 is 19.5 Å². The summed E-state index contributed by atoms with van der Waals surface area (Å²) in [6, 6.07) is 0. The zero-order valence-electron chi connectivity index (χ0n) is 28.0. The zero-order valence-corrected chi connectivity index (χ0v) is 28.0. The number of aryl methyl sites for hydroxylation is 1. The van der Waals surface area contributed by atoms with E-state index in [-0.39, 0.29) is 22.9 Å². The number of hydrogen-bond donors (Lipinski definition) is 2. The predicted molar refractivity (Wildman–Crippen MR) is 172 cm³/mol. The van der Waals surface area contributed by atoms with Crippen LogP contribution in [0.5, 0.6) is 0 Å². The lowest BCUT2D eigenvalue weighted by molar-refractivity contribution is -0.161. The van der Waals surface area contributed by atoms with Crippen molar-refractivity contribution in [3.05, 3.63) is 47.2 Å². The van der Waals surface area contributed by atoms with Gasteiger partial charge in [0.05, 0.1) is 23.0 Å². The van der Waals surface area contributed by atoms with E-state index in [1.807, 2.05) is 20.8 Å². The first-order valence-corrected chi connectivity index (χ1v) is 17.3. The van der Waals surface area contributed by atoms with E-state index in [0.29, 0.717) is 36.5 Å². The van der Waals surface area contributed by atoms with Crippen molar-refractivity contribution < 1.29 is 24.3 Å². The van der Waals surface area contributed by atoms with Gasteiger partial charge in [0.25, 0.3) is 0 Å². The maximum Gasteiger partial charge on any atom is 0.311 e. The van der Waals surface area contributed by atoms with Crippen molar-refractivity contribution in [1.82, 2.24) is 10.1 Å². The molecule has 1 aromatic heterocycles. The van der Waals surface area contributed by atoms with Gasteiger partial charge in [0.15, 0.2) is 5.82 Å². The SMILES string of the molecule is C=C1C(=CC=C2CCC[C@]3(C)[C@@H]([C@H](C)CC[C@H](OC(=O)C(C)(C)C)C4(c5nc(CCC)no5)CC4)CC[C@@H]23)C[C@@H](O)C[C@@H]1O. The summed E-state index contributed by atoms with van der Waals surface area (Å²) in [5.74, 6) is 2.86. The van der Waals surface area contributed by atoms with E-state index in [1.54, 1.807) is 0 Å². The number of rotatable bonds is 10. The number of hydrogen-bond acceptors (Lipinski definition) is 7. The molecule has 4 aliphatic rings. The molecule has 0 aliphatic heterocycles. The number of carbonyl (C=O) groups is 1. The van der Waals surface area contributed by atoms with Crippen molar-refractivity contribution in [3.8, 4) is 0 Å². The van der Waals surface area contributed by atoms with Crippen LogP contribution in [0, 0.1) is 28.6 Å². The molecule has 244 valence electrons. The lowest BCUT2D eigenvalue weighted by Crippen LogP contribution is -2.38.